The number of carbonyl (C=O) groups excluding carboxylic acids is 1. The number of aryl methyl sites for hydroxylation is 1. The quantitative estimate of drug-likeness (QED) is 0.766. The van der Waals surface area contributed by atoms with E-state index in [1.807, 2.05) is 24.0 Å². The van der Waals surface area contributed by atoms with Gasteiger partial charge in [0.15, 0.2) is 0 Å². The van der Waals surface area contributed by atoms with Gasteiger partial charge in [-0.2, -0.15) is 4.31 Å². The molecule has 0 aromatic heterocycles. The third-order valence-corrected chi connectivity index (χ3v) is 8.30. The first-order valence-corrected chi connectivity index (χ1v) is 12.2. The zero-order valence-electron chi connectivity index (χ0n) is 18.3. The van der Waals surface area contributed by atoms with Gasteiger partial charge in [0.1, 0.15) is 0 Å². The second-order valence-corrected chi connectivity index (χ2v) is 11.0. The number of sulfonamides is 1. The Morgan fingerprint density at radius 1 is 1.14 bits per heavy atom. The van der Waals surface area contributed by atoms with E-state index in [1.54, 1.807) is 16.4 Å². The molecule has 2 heterocycles. The minimum absolute atomic E-state index is 0.132. The molecule has 0 unspecified atom stereocenters. The average molecular weight is 422 g/mol. The highest BCUT2D eigenvalue weighted by atomic mass is 32.2. The molecule has 29 heavy (non-hydrogen) atoms. The van der Waals surface area contributed by atoms with Gasteiger partial charge in [-0.3, -0.25) is 10.1 Å². The molecule has 1 N–H and O–H groups in total. The van der Waals surface area contributed by atoms with Crippen molar-refractivity contribution in [2.75, 3.05) is 13.1 Å². The zero-order valence-corrected chi connectivity index (χ0v) is 19.1. The summed E-state index contributed by atoms with van der Waals surface area (Å²) in [6, 6.07) is 6.97. The first-order valence-electron chi connectivity index (χ1n) is 10.8. The second-order valence-electron chi connectivity index (χ2n) is 9.04. The Labute approximate surface area is 175 Å². The first-order chi connectivity index (χ1) is 13.6. The number of amides is 1. The van der Waals surface area contributed by atoms with Crippen LogP contribution < -0.4 is 5.32 Å². The van der Waals surface area contributed by atoms with Crippen LogP contribution >= 0.6 is 0 Å². The molecule has 2 aliphatic heterocycles. The molecule has 2 aliphatic rings. The molecule has 1 spiro atoms. The molecule has 0 aliphatic carbocycles. The van der Waals surface area contributed by atoms with Gasteiger partial charge >= 0.3 is 0 Å². The average Bonchev–Trinajstić information content (AvgIpc) is 2.92. The van der Waals surface area contributed by atoms with Crippen LogP contribution in [-0.4, -0.2) is 54.4 Å². The van der Waals surface area contributed by atoms with Gasteiger partial charge in [0.25, 0.3) is 0 Å². The highest BCUT2D eigenvalue weighted by molar-refractivity contribution is 7.89. The van der Waals surface area contributed by atoms with Crippen molar-refractivity contribution in [3.05, 3.63) is 29.8 Å². The Kier molecular flexibility index (Phi) is 6.41. The predicted molar refractivity (Wildman–Crippen MR) is 115 cm³/mol. The second kappa shape index (κ2) is 8.36. The molecule has 162 valence electrons. The van der Waals surface area contributed by atoms with Gasteiger partial charge in [-0.25, -0.2) is 8.42 Å². The summed E-state index contributed by atoms with van der Waals surface area (Å²) in [7, 11) is -3.51. The molecule has 2 atom stereocenters. The smallest absolute Gasteiger partial charge is 0.243 e. The van der Waals surface area contributed by atoms with E-state index in [-0.39, 0.29) is 18.0 Å². The van der Waals surface area contributed by atoms with Crippen molar-refractivity contribution in [2.45, 2.75) is 82.9 Å². The van der Waals surface area contributed by atoms with E-state index >= 15 is 0 Å². The van der Waals surface area contributed by atoms with Crippen LogP contribution in [0.25, 0.3) is 0 Å². The maximum Gasteiger partial charge on any atom is 0.243 e. The summed E-state index contributed by atoms with van der Waals surface area (Å²) < 4.78 is 27.7. The molecule has 2 fully saturated rings. The van der Waals surface area contributed by atoms with Crippen LogP contribution in [0.1, 0.15) is 58.9 Å². The normalized spacial score (nSPS) is 23.9. The van der Waals surface area contributed by atoms with Gasteiger partial charge in [-0.05, 0) is 57.6 Å². The van der Waals surface area contributed by atoms with Crippen molar-refractivity contribution in [3.8, 4) is 0 Å². The Bertz CT molecular complexity index is 827. The predicted octanol–water partition coefficient (Wildman–Crippen LogP) is 3.12. The van der Waals surface area contributed by atoms with Crippen LogP contribution in [0.4, 0.5) is 0 Å². The lowest BCUT2D eigenvalue weighted by Crippen LogP contribution is -2.61. The zero-order chi connectivity index (χ0) is 21.4. The Balaban J connectivity index is 1.80. The molecule has 0 bridgehead atoms. The number of benzene rings is 1. The summed E-state index contributed by atoms with van der Waals surface area (Å²) in [6.07, 6.45) is 2.92. The molecule has 1 aromatic carbocycles. The summed E-state index contributed by atoms with van der Waals surface area (Å²) in [5, 5.41) is 3.63. The largest absolute Gasteiger partial charge is 0.320 e. The van der Waals surface area contributed by atoms with Crippen molar-refractivity contribution in [1.82, 2.24) is 14.5 Å². The van der Waals surface area contributed by atoms with E-state index in [9.17, 15) is 13.2 Å². The maximum absolute atomic E-state index is 13.2. The van der Waals surface area contributed by atoms with Gasteiger partial charge < -0.3 is 4.90 Å². The third kappa shape index (κ3) is 4.23. The number of piperidine rings is 1. The van der Waals surface area contributed by atoms with E-state index in [2.05, 4.69) is 33.0 Å². The molecule has 0 radical (unpaired) electrons. The standard InChI is InChI=1S/C22H35N3O3S/c1-6-18(5)25-21(26)20(15-16(2)3)23-22(25)11-13-24(14-12-22)29(27,28)19-9-7-17(4)8-10-19/h7-10,16,18,20,23H,6,11-15H2,1-5H3/t18-,20-/m1/s1. The molecule has 2 saturated heterocycles. The SMILES string of the molecule is CC[C@@H](C)N1C(=O)[C@@H](CC(C)C)NC12CCN(S(=O)(=O)c1ccc(C)cc1)CC2. The molecular formula is C22H35N3O3S. The van der Waals surface area contributed by atoms with Gasteiger partial charge in [0.2, 0.25) is 15.9 Å². The third-order valence-electron chi connectivity index (χ3n) is 6.39. The van der Waals surface area contributed by atoms with E-state index < -0.39 is 15.7 Å². The van der Waals surface area contributed by atoms with Crippen LogP contribution in [0.15, 0.2) is 29.2 Å². The summed E-state index contributed by atoms with van der Waals surface area (Å²) in [5.74, 6) is 0.593. The van der Waals surface area contributed by atoms with Crippen molar-refractivity contribution in [3.63, 3.8) is 0 Å². The summed E-state index contributed by atoms with van der Waals surface area (Å²) >= 11 is 0. The number of hydrogen-bond acceptors (Lipinski definition) is 4. The monoisotopic (exact) mass is 421 g/mol. The fourth-order valence-electron chi connectivity index (χ4n) is 4.63. The van der Waals surface area contributed by atoms with Crippen molar-refractivity contribution >= 4 is 15.9 Å². The molecular weight excluding hydrogens is 386 g/mol. The maximum atomic E-state index is 13.2. The van der Waals surface area contributed by atoms with Crippen LogP contribution in [0, 0.1) is 12.8 Å². The highest BCUT2D eigenvalue weighted by Gasteiger charge is 2.53. The molecule has 6 nitrogen and oxygen atoms in total. The van der Waals surface area contributed by atoms with Crippen molar-refractivity contribution in [1.29, 1.82) is 0 Å². The van der Waals surface area contributed by atoms with Gasteiger partial charge in [-0.1, -0.05) is 38.5 Å². The van der Waals surface area contributed by atoms with Crippen LogP contribution in [0.3, 0.4) is 0 Å². The van der Waals surface area contributed by atoms with E-state index in [0.29, 0.717) is 36.7 Å². The van der Waals surface area contributed by atoms with Crippen LogP contribution in [0.2, 0.25) is 0 Å². The molecule has 1 aromatic rings. The summed E-state index contributed by atoms with van der Waals surface area (Å²) in [5.41, 5.74) is 0.598. The first kappa shape index (κ1) is 22.2. The van der Waals surface area contributed by atoms with Gasteiger partial charge in [0.05, 0.1) is 16.6 Å². The molecule has 3 rings (SSSR count). The molecule has 1 amide bonds. The Hall–Kier alpha value is -1.44. The minimum atomic E-state index is -3.51. The van der Waals surface area contributed by atoms with Crippen LogP contribution in [0.5, 0.6) is 0 Å². The Morgan fingerprint density at radius 2 is 1.72 bits per heavy atom. The van der Waals surface area contributed by atoms with E-state index in [0.717, 1.165) is 18.4 Å². The number of nitrogens with one attached hydrogen (secondary N) is 1. The minimum Gasteiger partial charge on any atom is -0.320 e. The number of rotatable bonds is 6. The lowest BCUT2D eigenvalue weighted by Gasteiger charge is -2.46. The Morgan fingerprint density at radius 3 is 2.24 bits per heavy atom. The number of hydrogen-bond donors (Lipinski definition) is 1. The molecule has 0 saturated carbocycles. The van der Waals surface area contributed by atoms with Gasteiger partial charge in [-0.15, -0.1) is 0 Å². The summed E-state index contributed by atoms with van der Waals surface area (Å²) in [6.45, 7) is 11.2. The van der Waals surface area contributed by atoms with E-state index in [1.165, 1.54) is 0 Å². The van der Waals surface area contributed by atoms with Gasteiger partial charge in [0, 0.05) is 19.1 Å². The fraction of sp³-hybridized carbons (Fsp3) is 0.682. The lowest BCUT2D eigenvalue weighted by atomic mass is 9.95. The van der Waals surface area contributed by atoms with Crippen LogP contribution in [-0.2, 0) is 14.8 Å². The van der Waals surface area contributed by atoms with Crippen molar-refractivity contribution < 1.29 is 13.2 Å². The highest BCUT2D eigenvalue weighted by Crippen LogP contribution is 2.37. The lowest BCUT2D eigenvalue weighted by molar-refractivity contribution is -0.136. The number of nitrogens with zero attached hydrogens (tertiary/aromatic N) is 2. The van der Waals surface area contributed by atoms with E-state index in [4.69, 9.17) is 0 Å². The topological polar surface area (TPSA) is 69.7 Å². The molecule has 7 heteroatoms. The van der Waals surface area contributed by atoms with Crippen molar-refractivity contribution in [2.24, 2.45) is 5.92 Å². The number of carbonyl (C=O) groups is 1. The fourth-order valence-corrected chi connectivity index (χ4v) is 6.07. The summed E-state index contributed by atoms with van der Waals surface area (Å²) in [4.78, 5) is 15.5.